The van der Waals surface area contributed by atoms with E-state index in [9.17, 15) is 8.42 Å². The van der Waals surface area contributed by atoms with Gasteiger partial charge in [0.1, 0.15) is 0 Å². The topological polar surface area (TPSA) is 93.3 Å². The molecule has 1 N–H and O–H groups in total. The molecule has 0 saturated heterocycles. The van der Waals surface area contributed by atoms with Crippen LogP contribution >= 0.6 is 0 Å². The normalized spacial score (nSPS) is 10.8. The van der Waals surface area contributed by atoms with E-state index in [4.69, 9.17) is 8.97 Å². The molecule has 6 nitrogen and oxygen atoms in total. The predicted octanol–water partition coefficient (Wildman–Crippen LogP) is 4.65. The van der Waals surface area contributed by atoms with Gasteiger partial charge in [-0.15, -0.1) is 0 Å². The number of hydrogen-bond donors (Lipinski definition) is 1. The number of pyridine rings is 1. The molecule has 142 valence electrons. The van der Waals surface area contributed by atoms with Gasteiger partial charge in [0.25, 0.3) is 10.1 Å². The summed E-state index contributed by atoms with van der Waals surface area (Å²) in [6, 6.07) is 19.7. The van der Waals surface area contributed by atoms with E-state index in [1.54, 1.807) is 30.7 Å². The Morgan fingerprint density at radius 1 is 0.857 bits per heavy atom. The lowest BCUT2D eigenvalue weighted by atomic mass is 10.2. The van der Waals surface area contributed by atoms with Gasteiger partial charge in [-0.3, -0.25) is 9.54 Å². The fourth-order valence-electron chi connectivity index (χ4n) is 2.35. The third-order valence-electron chi connectivity index (χ3n) is 3.81. The summed E-state index contributed by atoms with van der Waals surface area (Å²) in [6.07, 6.45) is 5.19. The molecule has 0 aliphatic carbocycles. The highest BCUT2D eigenvalue weighted by atomic mass is 32.2. The van der Waals surface area contributed by atoms with Gasteiger partial charge in [-0.2, -0.15) is 8.42 Å². The molecular weight excluding hydrogens is 376 g/mol. The first-order valence-electron chi connectivity index (χ1n) is 8.39. The molecule has 2 heterocycles. The number of aryl methyl sites for hydroxylation is 1. The van der Waals surface area contributed by atoms with Crippen molar-refractivity contribution in [3.63, 3.8) is 0 Å². The van der Waals surface area contributed by atoms with Crippen molar-refractivity contribution in [2.75, 3.05) is 0 Å². The quantitative estimate of drug-likeness (QED) is 0.509. The monoisotopic (exact) mass is 394 g/mol. The third-order valence-corrected chi connectivity index (χ3v) is 4.68. The highest BCUT2D eigenvalue weighted by Crippen LogP contribution is 2.25. The molecule has 0 amide bonds. The van der Waals surface area contributed by atoms with Gasteiger partial charge in [0.15, 0.2) is 5.76 Å². The van der Waals surface area contributed by atoms with Crippen LogP contribution in [0.3, 0.4) is 0 Å². The largest absolute Gasteiger partial charge is 0.436 e. The van der Waals surface area contributed by atoms with Gasteiger partial charge in [0.05, 0.1) is 11.1 Å². The van der Waals surface area contributed by atoms with E-state index in [1.807, 2.05) is 49.4 Å². The molecule has 7 heteroatoms. The van der Waals surface area contributed by atoms with Crippen molar-refractivity contribution in [3.05, 3.63) is 90.9 Å². The number of nitrogens with zero attached hydrogens (tertiary/aromatic N) is 2. The molecule has 0 fully saturated rings. The van der Waals surface area contributed by atoms with Crippen molar-refractivity contribution in [1.82, 2.24) is 9.97 Å². The van der Waals surface area contributed by atoms with E-state index in [0.717, 1.165) is 22.5 Å². The predicted molar refractivity (Wildman–Crippen MR) is 106 cm³/mol. The second-order valence-corrected chi connectivity index (χ2v) is 7.34. The average molecular weight is 394 g/mol. The molecule has 2 aromatic heterocycles. The molecule has 0 spiro atoms. The van der Waals surface area contributed by atoms with Crippen LogP contribution in [0.1, 0.15) is 5.56 Å². The minimum atomic E-state index is -4.02. The van der Waals surface area contributed by atoms with E-state index < -0.39 is 10.1 Å². The van der Waals surface area contributed by atoms with Crippen molar-refractivity contribution in [1.29, 1.82) is 0 Å². The molecule has 0 saturated carbocycles. The average Bonchev–Trinajstić information content (AvgIpc) is 3.20. The van der Waals surface area contributed by atoms with Gasteiger partial charge in [-0.25, -0.2) is 4.98 Å². The Labute approximate surface area is 163 Å². The number of benzene rings is 2. The first kappa shape index (κ1) is 19.5. The molecule has 4 rings (SSSR count). The second kappa shape index (κ2) is 8.60. The lowest BCUT2D eigenvalue weighted by Gasteiger charge is -1.95. The van der Waals surface area contributed by atoms with Crippen LogP contribution in [-0.4, -0.2) is 22.9 Å². The van der Waals surface area contributed by atoms with Gasteiger partial charge in [0, 0.05) is 23.5 Å². The number of rotatable bonds is 3. The molecule has 2 aromatic carbocycles. The fourth-order valence-corrected chi connectivity index (χ4v) is 2.83. The van der Waals surface area contributed by atoms with Gasteiger partial charge < -0.3 is 4.42 Å². The van der Waals surface area contributed by atoms with Crippen LogP contribution in [0, 0.1) is 6.92 Å². The highest BCUT2D eigenvalue weighted by Gasteiger charge is 2.08. The summed E-state index contributed by atoms with van der Waals surface area (Å²) < 4.78 is 35.3. The molecule has 0 aliphatic heterocycles. The van der Waals surface area contributed by atoms with Crippen LogP contribution in [0.4, 0.5) is 0 Å². The minimum absolute atomic E-state index is 0.0666. The second-order valence-electron chi connectivity index (χ2n) is 5.92. The van der Waals surface area contributed by atoms with Crippen LogP contribution in [0.15, 0.2) is 94.6 Å². The fraction of sp³-hybridized carbons (Fsp3) is 0.0476. The maximum atomic E-state index is 10.5. The lowest BCUT2D eigenvalue weighted by Crippen LogP contribution is -1.96. The maximum Gasteiger partial charge on any atom is 0.294 e. The molecule has 0 radical (unpaired) electrons. The van der Waals surface area contributed by atoms with Crippen LogP contribution in [0.25, 0.3) is 22.8 Å². The number of hydrogen-bond acceptors (Lipinski definition) is 5. The summed E-state index contributed by atoms with van der Waals surface area (Å²) in [7, 11) is -4.02. The van der Waals surface area contributed by atoms with Crippen molar-refractivity contribution in [2.24, 2.45) is 0 Å². The Bertz CT molecular complexity index is 1070. The Balaban J connectivity index is 0.000000178. The summed E-state index contributed by atoms with van der Waals surface area (Å²) in [5, 5.41) is 0. The zero-order chi connectivity index (χ0) is 20.0. The molecule has 0 aliphatic rings. The van der Waals surface area contributed by atoms with Gasteiger partial charge in [-0.1, -0.05) is 48.0 Å². The summed E-state index contributed by atoms with van der Waals surface area (Å²) in [6.45, 7) is 1.84. The van der Waals surface area contributed by atoms with Crippen LogP contribution in [0.5, 0.6) is 0 Å². The first-order valence-corrected chi connectivity index (χ1v) is 9.83. The van der Waals surface area contributed by atoms with E-state index in [2.05, 4.69) is 9.97 Å². The Hall–Kier alpha value is -3.29. The summed E-state index contributed by atoms with van der Waals surface area (Å²) in [5.41, 5.74) is 2.92. The van der Waals surface area contributed by atoms with E-state index >= 15 is 0 Å². The summed E-state index contributed by atoms with van der Waals surface area (Å²) >= 11 is 0. The summed E-state index contributed by atoms with van der Waals surface area (Å²) in [4.78, 5) is 8.17. The van der Waals surface area contributed by atoms with Gasteiger partial charge in [-0.05, 0) is 31.2 Å². The van der Waals surface area contributed by atoms with Crippen LogP contribution in [0.2, 0.25) is 0 Å². The molecule has 4 aromatic rings. The minimum Gasteiger partial charge on any atom is -0.436 e. The van der Waals surface area contributed by atoms with E-state index in [1.165, 1.54) is 12.1 Å². The summed E-state index contributed by atoms with van der Waals surface area (Å²) in [5.74, 6) is 1.39. The van der Waals surface area contributed by atoms with Crippen LogP contribution in [-0.2, 0) is 10.1 Å². The smallest absolute Gasteiger partial charge is 0.294 e. The van der Waals surface area contributed by atoms with Crippen LogP contribution < -0.4 is 0 Å². The van der Waals surface area contributed by atoms with E-state index in [0.29, 0.717) is 5.89 Å². The zero-order valence-electron chi connectivity index (χ0n) is 15.1. The Kier molecular flexibility index (Phi) is 5.98. The number of aromatic nitrogens is 2. The highest BCUT2D eigenvalue weighted by molar-refractivity contribution is 7.85. The van der Waals surface area contributed by atoms with Gasteiger partial charge >= 0.3 is 0 Å². The molecule has 0 atom stereocenters. The SMILES string of the molecule is Cc1ccc(S(=O)(=O)O)cc1.c1ccc(-c2cnc(-c3ccncc3)o2)cc1. The first-order chi connectivity index (χ1) is 13.4. The third kappa shape index (κ3) is 5.12. The van der Waals surface area contributed by atoms with E-state index in [-0.39, 0.29) is 4.90 Å². The Morgan fingerprint density at radius 3 is 2.11 bits per heavy atom. The standard InChI is InChI=1S/C14H10N2O.C7H8O3S/c1-2-4-11(5-3-1)13-10-16-14(17-13)12-6-8-15-9-7-12;1-6-2-4-7(5-3-6)11(8,9)10/h1-10H;2-5H,1H3,(H,8,9,10). The van der Waals surface area contributed by atoms with Crippen molar-refractivity contribution in [2.45, 2.75) is 11.8 Å². The molecule has 0 bridgehead atoms. The maximum absolute atomic E-state index is 10.5. The lowest BCUT2D eigenvalue weighted by molar-refractivity contribution is 0.483. The zero-order valence-corrected chi connectivity index (χ0v) is 15.9. The molecular formula is C21H18N2O4S. The van der Waals surface area contributed by atoms with Crippen molar-refractivity contribution in [3.8, 4) is 22.8 Å². The van der Waals surface area contributed by atoms with Crippen molar-refractivity contribution >= 4 is 10.1 Å². The van der Waals surface area contributed by atoms with Gasteiger partial charge in [0.2, 0.25) is 5.89 Å². The Morgan fingerprint density at radius 2 is 1.50 bits per heavy atom. The molecule has 0 unspecified atom stereocenters. The van der Waals surface area contributed by atoms with Crippen molar-refractivity contribution < 1.29 is 17.4 Å². The number of oxazole rings is 1. The molecule has 28 heavy (non-hydrogen) atoms.